The van der Waals surface area contributed by atoms with E-state index in [2.05, 4.69) is 4.48 Å². The second kappa shape index (κ2) is 9.30. The van der Waals surface area contributed by atoms with Crippen LogP contribution >= 0.6 is 0 Å². The van der Waals surface area contributed by atoms with E-state index in [0.29, 0.717) is 0 Å². The minimum atomic E-state index is -4.69. The Kier molecular flexibility index (Phi) is 16.2. The zero-order chi connectivity index (χ0) is 9.12. The van der Waals surface area contributed by atoms with Crippen LogP contribution in [0.1, 0.15) is 0 Å². The van der Waals surface area contributed by atoms with Crippen LogP contribution in [0.4, 0.5) is 0 Å². The molecule has 0 amide bonds. The summed E-state index contributed by atoms with van der Waals surface area (Å²) in [6.07, 6.45) is 0. The van der Waals surface area contributed by atoms with Gasteiger partial charge in [0.15, 0.2) is 0 Å². The van der Waals surface area contributed by atoms with E-state index < -0.39 is 45.6 Å². The first kappa shape index (κ1) is 24.3. The summed E-state index contributed by atoms with van der Waals surface area (Å²) >= 11 is -3.09. The average molecular weight is 460 g/mol. The van der Waals surface area contributed by atoms with Gasteiger partial charge in [0, 0.05) is 0 Å². The van der Waals surface area contributed by atoms with Crippen molar-refractivity contribution in [3.63, 3.8) is 0 Å². The van der Waals surface area contributed by atoms with Crippen molar-refractivity contribution in [2.45, 2.75) is 0 Å². The van der Waals surface area contributed by atoms with Crippen LogP contribution in [0, 0.1) is 20.5 Å². The zero-order valence-corrected chi connectivity index (χ0v) is 11.4. The molecule has 0 rings (SSSR count). The molecule has 0 heterocycles. The van der Waals surface area contributed by atoms with Crippen molar-refractivity contribution in [3.8, 4) is 0 Å². The summed E-state index contributed by atoms with van der Waals surface area (Å²) in [7, 11) is -9.38. The van der Waals surface area contributed by atoms with Gasteiger partial charge in [-0.15, -0.1) is 0 Å². The van der Waals surface area contributed by atoms with Gasteiger partial charge in [-0.3, -0.25) is 0 Å². The summed E-state index contributed by atoms with van der Waals surface area (Å²) in [5, 5.41) is 0. The fourth-order valence-corrected chi connectivity index (χ4v) is 2.97. The van der Waals surface area contributed by atoms with E-state index in [1.165, 1.54) is 0 Å². The first-order valence-corrected chi connectivity index (χ1v) is 7.29. The average Bonchev–Trinajstić information content (AvgIpc) is 1.55. The fraction of sp³-hybridized carbons (Fsp3) is 0. The van der Waals surface area contributed by atoms with Crippen molar-refractivity contribution < 1.29 is 69.3 Å². The van der Waals surface area contributed by atoms with Gasteiger partial charge in [-0.2, -0.15) is 0 Å². The van der Waals surface area contributed by atoms with E-state index in [1.54, 1.807) is 0 Å². The van der Waals surface area contributed by atoms with Gasteiger partial charge in [0.05, 0.1) is 0 Å². The van der Waals surface area contributed by atoms with E-state index in [-0.39, 0.29) is 16.4 Å². The molecule has 0 bridgehead atoms. The third kappa shape index (κ3) is 23.1. The molecule has 6 N–H and O–H groups in total. The molecule has 0 aromatic carbocycles. The van der Waals surface area contributed by atoms with Crippen molar-refractivity contribution in [1.29, 1.82) is 0 Å². The van der Waals surface area contributed by atoms with Crippen LogP contribution in [-0.2, 0) is 4.48 Å². The molecule has 2 radical (unpaired) electrons. The number of halogens is 2. The standard InChI is InChI=1S/2ClHO4.3H2O.Pb/c2*2-1(3,4)5;;;;/h2*(H,2,3,4,5);3*1H2;/q;;;;;+2/p-2. The minimum absolute atomic E-state index is 0. The van der Waals surface area contributed by atoms with Crippen molar-refractivity contribution in [3.05, 3.63) is 0 Å². The maximum atomic E-state index is 9.58. The Morgan fingerprint density at radius 1 is 0.643 bits per heavy atom. The molecule has 0 saturated heterocycles. The molecule has 11 nitrogen and oxygen atoms in total. The Morgan fingerprint density at radius 2 is 0.857 bits per heavy atom. The SMILES string of the molecule is O.O.O.[O-][Cl+3]([O-])([O-])[O][Pb][O][Cl+3]([O-])([O-])[O-]. The molecule has 0 spiro atoms. The quantitative estimate of drug-likeness (QED) is 0.363. The fourth-order valence-electron chi connectivity index (χ4n) is 0.0891. The van der Waals surface area contributed by atoms with E-state index in [4.69, 9.17) is 0 Å². The van der Waals surface area contributed by atoms with Crippen LogP contribution in [0.5, 0.6) is 0 Å². The maximum absolute atomic E-state index is 9.58. The molecule has 0 aromatic heterocycles. The molecule has 0 saturated carbocycles. The Morgan fingerprint density at radius 3 is 1.00 bits per heavy atom. The summed E-state index contributed by atoms with van der Waals surface area (Å²) in [4.78, 5) is 0. The molecule has 0 aliphatic heterocycles. The van der Waals surface area contributed by atoms with Gasteiger partial charge in [-0.1, -0.05) is 0 Å². The molecule has 0 aromatic rings. The Bertz CT molecular complexity index is 97.4. The molecule has 14 heavy (non-hydrogen) atoms. The predicted molar refractivity (Wildman–Crippen MR) is 18.8 cm³/mol. The third-order valence-corrected chi connectivity index (χ3v) is 6.63. The van der Waals surface area contributed by atoms with Gasteiger partial charge in [-0.25, -0.2) is 0 Å². The molecule has 0 aliphatic rings. The summed E-state index contributed by atoms with van der Waals surface area (Å²) in [6.45, 7) is 0. The molecule has 90 valence electrons. The molecule has 0 atom stereocenters. The summed E-state index contributed by atoms with van der Waals surface area (Å²) in [5.41, 5.74) is 0. The molecule has 0 unspecified atom stereocenters. The molecular weight excluding hydrogens is 454 g/mol. The summed E-state index contributed by atoms with van der Waals surface area (Å²) in [6, 6.07) is 0. The van der Waals surface area contributed by atoms with Gasteiger partial charge in [0.25, 0.3) is 0 Å². The molecule has 0 aliphatic carbocycles. The van der Waals surface area contributed by atoms with E-state index in [1.807, 2.05) is 0 Å². The van der Waals surface area contributed by atoms with Crippen LogP contribution in [0.2, 0.25) is 0 Å². The Hall–Kier alpha value is 1.06. The molecular formula is H6Cl2O11Pb. The van der Waals surface area contributed by atoms with Crippen molar-refractivity contribution in [1.82, 2.24) is 0 Å². The van der Waals surface area contributed by atoms with Crippen LogP contribution in [0.15, 0.2) is 0 Å². The Balaban J connectivity index is -0.000000167. The summed E-state index contributed by atoms with van der Waals surface area (Å²) < 4.78 is 64.2. The topological polar surface area (TPSA) is 251 Å². The van der Waals surface area contributed by atoms with Gasteiger partial charge >= 0.3 is 78.1 Å². The van der Waals surface area contributed by atoms with Gasteiger partial charge in [0.1, 0.15) is 0 Å². The van der Waals surface area contributed by atoms with Crippen molar-refractivity contribution >= 4 is 25.1 Å². The molecule has 14 heteroatoms. The predicted octanol–water partition coefficient (Wildman–Crippen LogP) is -10.1. The first-order valence-electron chi connectivity index (χ1n) is 1.64. The van der Waals surface area contributed by atoms with E-state index in [0.717, 1.165) is 0 Å². The second-order valence-corrected chi connectivity index (χ2v) is 7.06. The number of rotatable bonds is 4. The van der Waals surface area contributed by atoms with Gasteiger partial charge < -0.3 is 16.4 Å². The van der Waals surface area contributed by atoms with Crippen LogP contribution in [-0.4, -0.2) is 41.6 Å². The van der Waals surface area contributed by atoms with Gasteiger partial charge in [-0.05, 0) is 0 Å². The monoisotopic (exact) mass is 460 g/mol. The van der Waals surface area contributed by atoms with E-state index in [9.17, 15) is 28.0 Å². The second-order valence-electron chi connectivity index (χ2n) is 0.994. The third-order valence-electron chi connectivity index (χ3n) is 0.252. The number of hydrogen-bond donors (Lipinski definition) is 0. The van der Waals surface area contributed by atoms with Gasteiger partial charge in [0.2, 0.25) is 0 Å². The Labute approximate surface area is 94.4 Å². The molecule has 0 fully saturated rings. The zero-order valence-electron chi connectivity index (χ0n) is 6.02. The van der Waals surface area contributed by atoms with Crippen molar-refractivity contribution in [2.24, 2.45) is 0 Å². The van der Waals surface area contributed by atoms with Crippen LogP contribution < -0.4 is 28.0 Å². The van der Waals surface area contributed by atoms with Crippen LogP contribution in [0.25, 0.3) is 0 Å². The summed E-state index contributed by atoms with van der Waals surface area (Å²) in [5.74, 6) is 0. The normalized spacial score (nSPS) is 10.7. The first-order chi connectivity index (χ1) is 4.71. The van der Waals surface area contributed by atoms with Crippen LogP contribution in [0.3, 0.4) is 0 Å². The van der Waals surface area contributed by atoms with Crippen molar-refractivity contribution in [2.75, 3.05) is 0 Å². The number of hydrogen-bond acceptors (Lipinski definition) is 8. The van der Waals surface area contributed by atoms with E-state index >= 15 is 0 Å².